The van der Waals surface area contributed by atoms with Crippen LogP contribution in [0.25, 0.3) is 0 Å². The number of likely N-dealkylation sites (tertiary alicyclic amines) is 1. The van der Waals surface area contributed by atoms with Crippen molar-refractivity contribution in [3.05, 3.63) is 0 Å². The molecule has 4 aliphatic rings. The maximum absolute atomic E-state index is 10.9. The largest absolute Gasteiger partial charge is 0.465 e. The van der Waals surface area contributed by atoms with Gasteiger partial charge in [0.05, 0.1) is 0 Å². The zero-order valence-corrected chi connectivity index (χ0v) is 8.22. The first-order valence-corrected chi connectivity index (χ1v) is 5.72. The Bertz CT molecular complexity index is 449. The van der Waals surface area contributed by atoms with E-state index in [2.05, 4.69) is 0 Å². The maximum Gasteiger partial charge on any atom is 0.407 e. The molecule has 1 amide bonds. The quantitative estimate of drug-likeness (QED) is 0.560. The Kier molecular flexibility index (Phi) is 1.41. The summed E-state index contributed by atoms with van der Waals surface area (Å²) in [5, 5.41) is 8.80. The normalized spacial score (nSPS) is 43.1. The van der Waals surface area contributed by atoms with Crippen LogP contribution in [0, 0.1) is 0 Å². The topological polar surface area (TPSA) is 107 Å². The number of ether oxygens (including phenoxy) is 1. The molecular weight excluding hydrogens is 228 g/mol. The molecule has 1 spiro atoms. The van der Waals surface area contributed by atoms with Gasteiger partial charge in [-0.05, 0) is 0 Å². The lowest BCUT2D eigenvalue weighted by atomic mass is 9.86. The molecule has 2 unspecified atom stereocenters. The molecule has 4 fully saturated rings. The summed E-state index contributed by atoms with van der Waals surface area (Å²) in [7, 11) is -4.29. The fraction of sp³-hybridized carbons (Fsp3) is 0.833. The van der Waals surface area contributed by atoms with Gasteiger partial charge in [-0.2, -0.15) is 8.42 Å². The molecule has 0 aromatic heterocycles. The van der Waals surface area contributed by atoms with E-state index in [1.807, 2.05) is 0 Å². The first-order valence-electron chi connectivity index (χ1n) is 4.32. The predicted molar refractivity (Wildman–Crippen MR) is 44.1 cm³/mol. The Balaban J connectivity index is 1.90. The molecule has 8 nitrogen and oxygen atoms in total. The number of nitrogens with zero attached hydrogens (tertiary/aromatic N) is 2. The SMILES string of the molecule is O=C(O)N1CCC23OC([C@H]12)N3S(=O)(=O)O. The van der Waals surface area contributed by atoms with Crippen molar-refractivity contribution in [2.45, 2.75) is 24.4 Å². The van der Waals surface area contributed by atoms with E-state index < -0.39 is 34.4 Å². The highest BCUT2D eigenvalue weighted by molar-refractivity contribution is 7.83. The van der Waals surface area contributed by atoms with Crippen LogP contribution in [0.2, 0.25) is 0 Å². The van der Waals surface area contributed by atoms with Crippen LogP contribution < -0.4 is 0 Å². The third-order valence-corrected chi connectivity index (χ3v) is 4.22. The summed E-state index contributed by atoms with van der Waals surface area (Å²) in [6, 6.07) is -0.461. The molecule has 0 radical (unpaired) electrons. The monoisotopic (exact) mass is 236 g/mol. The molecule has 4 rings (SSSR count). The Labute approximate surface area is 84.9 Å². The Morgan fingerprint density at radius 3 is 2.67 bits per heavy atom. The van der Waals surface area contributed by atoms with Gasteiger partial charge in [0.1, 0.15) is 6.04 Å². The summed E-state index contributed by atoms with van der Waals surface area (Å²) in [6.07, 6.45) is -1.68. The van der Waals surface area contributed by atoms with Gasteiger partial charge in [0.25, 0.3) is 0 Å². The van der Waals surface area contributed by atoms with Gasteiger partial charge in [0.15, 0.2) is 12.0 Å². The highest BCUT2D eigenvalue weighted by Gasteiger charge is 2.83. The van der Waals surface area contributed by atoms with Crippen molar-refractivity contribution >= 4 is 16.4 Å². The van der Waals surface area contributed by atoms with Crippen molar-refractivity contribution in [2.24, 2.45) is 0 Å². The van der Waals surface area contributed by atoms with Gasteiger partial charge in [0.2, 0.25) is 0 Å². The van der Waals surface area contributed by atoms with E-state index in [1.165, 1.54) is 0 Å². The van der Waals surface area contributed by atoms with Crippen LogP contribution in [0.15, 0.2) is 0 Å². The van der Waals surface area contributed by atoms with Gasteiger partial charge in [-0.25, -0.2) is 4.79 Å². The third-order valence-electron chi connectivity index (χ3n) is 3.20. The first kappa shape index (κ1) is 9.33. The van der Waals surface area contributed by atoms with E-state index in [4.69, 9.17) is 14.4 Å². The van der Waals surface area contributed by atoms with E-state index >= 15 is 0 Å². The van der Waals surface area contributed by atoms with Crippen LogP contribution in [-0.2, 0) is 15.0 Å². The Morgan fingerprint density at radius 2 is 2.20 bits per heavy atom. The maximum atomic E-state index is 10.9. The van der Waals surface area contributed by atoms with Crippen molar-refractivity contribution in [1.82, 2.24) is 9.21 Å². The Hall–Kier alpha value is -0.900. The smallest absolute Gasteiger partial charge is 0.407 e. The molecule has 4 saturated heterocycles. The van der Waals surface area contributed by atoms with Gasteiger partial charge in [-0.1, -0.05) is 0 Å². The van der Waals surface area contributed by atoms with Crippen LogP contribution in [0.5, 0.6) is 0 Å². The summed E-state index contributed by atoms with van der Waals surface area (Å²) < 4.78 is 36.6. The first-order chi connectivity index (χ1) is 6.88. The van der Waals surface area contributed by atoms with Crippen molar-refractivity contribution in [2.75, 3.05) is 6.54 Å². The van der Waals surface area contributed by atoms with Gasteiger partial charge in [0, 0.05) is 13.0 Å². The zero-order chi connectivity index (χ0) is 11.0. The molecule has 0 aromatic carbocycles. The zero-order valence-electron chi connectivity index (χ0n) is 7.40. The lowest BCUT2D eigenvalue weighted by molar-refractivity contribution is -0.442. The van der Waals surface area contributed by atoms with Gasteiger partial charge in [-0.15, -0.1) is 4.31 Å². The van der Waals surface area contributed by atoms with Crippen LogP contribution in [0.1, 0.15) is 6.42 Å². The highest BCUT2D eigenvalue weighted by Crippen LogP contribution is 2.60. The minimum Gasteiger partial charge on any atom is -0.465 e. The number of hydrogen-bond donors (Lipinski definition) is 2. The fourth-order valence-corrected chi connectivity index (χ4v) is 3.67. The second-order valence-electron chi connectivity index (χ2n) is 3.80. The molecule has 4 heterocycles. The molecule has 0 saturated carbocycles. The molecule has 0 aromatic rings. The number of carbonyl (C=O) groups is 1. The van der Waals surface area contributed by atoms with Gasteiger partial charge < -0.3 is 9.84 Å². The summed E-state index contributed by atoms with van der Waals surface area (Å²) in [4.78, 5) is 11.9. The second kappa shape index (κ2) is 2.26. The van der Waals surface area contributed by atoms with Crippen molar-refractivity contribution in [1.29, 1.82) is 0 Å². The minimum absolute atomic E-state index is 0.225. The lowest BCUT2D eigenvalue weighted by Crippen LogP contribution is -2.91. The number of amides is 1. The molecule has 15 heavy (non-hydrogen) atoms. The van der Waals surface area contributed by atoms with Crippen LogP contribution in [0.4, 0.5) is 4.79 Å². The van der Waals surface area contributed by atoms with E-state index in [-0.39, 0.29) is 13.0 Å². The molecule has 4 aliphatic heterocycles. The standard InChI is InChI=1S/C6H8N2O6S/c9-5(10)7-2-1-6-3(7)4(14-6)8(6)15(11,12)13/h3-4H,1-2H2,(H,9,10)(H,11,12,13)/t3-,4?,6?/m0/s1. The fourth-order valence-electron chi connectivity index (χ4n) is 2.61. The number of rotatable bonds is 1. The van der Waals surface area contributed by atoms with Gasteiger partial charge >= 0.3 is 16.4 Å². The lowest BCUT2D eigenvalue weighted by Gasteiger charge is -2.69. The van der Waals surface area contributed by atoms with Crippen molar-refractivity contribution in [3.63, 3.8) is 0 Å². The molecule has 3 atom stereocenters. The highest BCUT2D eigenvalue weighted by atomic mass is 32.2. The van der Waals surface area contributed by atoms with Crippen LogP contribution in [0.3, 0.4) is 0 Å². The second-order valence-corrected chi connectivity index (χ2v) is 5.09. The summed E-state index contributed by atoms with van der Waals surface area (Å²) in [5.74, 6) is 0. The summed E-state index contributed by atoms with van der Waals surface area (Å²) in [5.41, 5.74) is -1.13. The van der Waals surface area contributed by atoms with Crippen molar-refractivity contribution < 1.29 is 27.6 Å². The van der Waals surface area contributed by atoms with Crippen molar-refractivity contribution in [3.8, 4) is 0 Å². The third kappa shape index (κ3) is 0.830. The Morgan fingerprint density at radius 1 is 1.53 bits per heavy atom. The molecule has 0 aliphatic carbocycles. The molecule has 2 N–H and O–H groups in total. The average molecular weight is 236 g/mol. The van der Waals surface area contributed by atoms with Crippen LogP contribution >= 0.6 is 0 Å². The minimum atomic E-state index is -4.29. The molecule has 2 bridgehead atoms. The van der Waals surface area contributed by atoms with E-state index in [0.29, 0.717) is 0 Å². The van der Waals surface area contributed by atoms with E-state index in [0.717, 1.165) is 9.21 Å². The summed E-state index contributed by atoms with van der Waals surface area (Å²) >= 11 is 0. The number of hydrogen-bond acceptors (Lipinski definition) is 4. The number of carboxylic acid groups (broad SMARTS) is 1. The average Bonchev–Trinajstić information content (AvgIpc) is 2.16. The summed E-state index contributed by atoms with van der Waals surface area (Å²) in [6.45, 7) is 0.225. The van der Waals surface area contributed by atoms with Gasteiger partial charge in [-0.3, -0.25) is 9.45 Å². The molecule has 9 heteroatoms. The predicted octanol–water partition coefficient (Wildman–Crippen LogP) is -1.09. The molecular formula is C6H8N2O6S. The molecule has 84 valence electrons. The van der Waals surface area contributed by atoms with E-state index in [9.17, 15) is 13.2 Å². The van der Waals surface area contributed by atoms with E-state index in [1.54, 1.807) is 0 Å². The van der Waals surface area contributed by atoms with Crippen LogP contribution in [-0.4, -0.2) is 57.9 Å².